The highest BCUT2D eigenvalue weighted by Gasteiger charge is 2.42. The molecule has 0 fully saturated rings. The van der Waals surface area contributed by atoms with Gasteiger partial charge in [0.15, 0.2) is 5.17 Å². The van der Waals surface area contributed by atoms with Crippen molar-refractivity contribution in [3.05, 3.63) is 87.5 Å². The zero-order valence-corrected chi connectivity index (χ0v) is 22.9. The number of amides is 1. The maximum absolute atomic E-state index is 13.6. The summed E-state index contributed by atoms with van der Waals surface area (Å²) in [5, 5.41) is 5.72. The first kappa shape index (κ1) is 26.7. The van der Waals surface area contributed by atoms with Crippen LogP contribution in [0.15, 0.2) is 70.2 Å². The Labute approximate surface area is 223 Å². The molecule has 2 aromatic rings. The van der Waals surface area contributed by atoms with Gasteiger partial charge in [-0.05, 0) is 51.4 Å². The van der Waals surface area contributed by atoms with E-state index < -0.39 is 12.0 Å². The van der Waals surface area contributed by atoms with Gasteiger partial charge in [0, 0.05) is 24.4 Å². The van der Waals surface area contributed by atoms with Gasteiger partial charge in [-0.25, -0.2) is 9.79 Å². The molecule has 0 saturated carbocycles. The second-order valence-corrected chi connectivity index (χ2v) is 10.3. The fraction of sp³-hybridized carbons (Fsp3) is 0.345. The summed E-state index contributed by atoms with van der Waals surface area (Å²) in [6, 6.07) is 15.5. The van der Waals surface area contributed by atoms with Crippen LogP contribution >= 0.6 is 11.8 Å². The smallest absolute Gasteiger partial charge is 0.338 e. The lowest BCUT2D eigenvalue weighted by Gasteiger charge is -2.37. The van der Waals surface area contributed by atoms with Gasteiger partial charge < -0.3 is 19.9 Å². The molecular weight excluding hydrogens is 484 g/mol. The number of likely N-dealkylation sites (N-methyl/N-ethyl adjacent to an activating group) is 1. The Kier molecular flexibility index (Phi) is 8.51. The Morgan fingerprint density at radius 2 is 1.89 bits per heavy atom. The third-order valence-corrected chi connectivity index (χ3v) is 7.19. The largest absolute Gasteiger partial charge is 0.463 e. The molecule has 2 aromatic carbocycles. The molecule has 2 aliphatic rings. The molecule has 1 N–H and O–H groups in total. The van der Waals surface area contributed by atoms with Crippen LogP contribution < -0.4 is 5.32 Å². The van der Waals surface area contributed by atoms with Crippen molar-refractivity contribution in [2.45, 2.75) is 33.2 Å². The fourth-order valence-corrected chi connectivity index (χ4v) is 5.40. The van der Waals surface area contributed by atoms with Gasteiger partial charge in [-0.3, -0.25) is 4.79 Å². The number of hydrogen-bond acceptors (Lipinski definition) is 7. The van der Waals surface area contributed by atoms with Crippen molar-refractivity contribution in [3.63, 3.8) is 0 Å². The molecule has 0 aromatic heterocycles. The van der Waals surface area contributed by atoms with E-state index in [0.717, 1.165) is 39.7 Å². The quantitative estimate of drug-likeness (QED) is 0.488. The highest BCUT2D eigenvalue weighted by Crippen LogP contribution is 2.47. The summed E-state index contributed by atoms with van der Waals surface area (Å²) in [6.45, 7) is 7.48. The van der Waals surface area contributed by atoms with E-state index in [9.17, 15) is 9.59 Å². The number of carbonyl (C=O) groups is 2. The maximum atomic E-state index is 13.6. The number of hydrogen-bond donors (Lipinski definition) is 1. The summed E-state index contributed by atoms with van der Waals surface area (Å²) in [7, 11) is 3.95. The number of aryl methyl sites for hydroxylation is 2. The second kappa shape index (κ2) is 11.8. The molecule has 0 spiro atoms. The number of benzene rings is 2. The lowest BCUT2D eigenvalue weighted by molar-refractivity contribution is -0.139. The first-order chi connectivity index (χ1) is 17.8. The van der Waals surface area contributed by atoms with Crippen LogP contribution in [-0.4, -0.2) is 60.6 Å². The minimum atomic E-state index is -0.475. The Bertz CT molecular complexity index is 1270. The zero-order valence-electron chi connectivity index (χ0n) is 22.1. The van der Waals surface area contributed by atoms with Gasteiger partial charge in [0.05, 0.1) is 30.3 Å². The molecule has 1 amide bonds. The van der Waals surface area contributed by atoms with Crippen LogP contribution in [0.1, 0.15) is 41.6 Å². The molecule has 2 heterocycles. The molecular formula is C29H34N4O3S. The van der Waals surface area contributed by atoms with Gasteiger partial charge in [-0.2, -0.15) is 0 Å². The van der Waals surface area contributed by atoms with Crippen LogP contribution in [0.25, 0.3) is 5.70 Å². The number of nitrogens with one attached hydrogen (secondary N) is 1. The van der Waals surface area contributed by atoms with E-state index in [2.05, 4.69) is 23.5 Å². The van der Waals surface area contributed by atoms with Crippen molar-refractivity contribution in [1.29, 1.82) is 0 Å². The number of nitrogens with zero attached hydrogens (tertiary/aromatic N) is 3. The topological polar surface area (TPSA) is 74.2 Å². The summed E-state index contributed by atoms with van der Waals surface area (Å²) < 4.78 is 5.59. The minimum Gasteiger partial charge on any atom is -0.463 e. The number of esters is 1. The van der Waals surface area contributed by atoms with Gasteiger partial charge in [-0.15, -0.1) is 0 Å². The molecule has 194 valence electrons. The molecule has 8 heteroatoms. The lowest BCUT2D eigenvalue weighted by atomic mass is 9.88. The van der Waals surface area contributed by atoms with Crippen molar-refractivity contribution in [2.24, 2.45) is 4.99 Å². The first-order valence-electron chi connectivity index (χ1n) is 12.5. The Morgan fingerprint density at radius 1 is 1.14 bits per heavy atom. The molecule has 0 radical (unpaired) electrons. The van der Waals surface area contributed by atoms with E-state index in [4.69, 9.17) is 9.73 Å². The highest BCUT2D eigenvalue weighted by molar-refractivity contribution is 8.16. The van der Waals surface area contributed by atoms with E-state index in [1.54, 1.807) is 6.92 Å². The van der Waals surface area contributed by atoms with Crippen LogP contribution in [0.4, 0.5) is 0 Å². The van der Waals surface area contributed by atoms with E-state index in [-0.39, 0.29) is 18.9 Å². The SMILES string of the molecule is CCOC(=O)C1=C(c2ccccc2)N=C2SC=C(CC(=O)NCCN(C)C)N2[C@H]1c1cc(C)ccc1C. The van der Waals surface area contributed by atoms with Gasteiger partial charge in [0.25, 0.3) is 0 Å². The molecule has 2 aliphatic heterocycles. The number of rotatable bonds is 9. The van der Waals surface area contributed by atoms with Gasteiger partial charge in [0.2, 0.25) is 5.91 Å². The van der Waals surface area contributed by atoms with Crippen molar-refractivity contribution in [3.8, 4) is 0 Å². The first-order valence-corrected chi connectivity index (χ1v) is 13.4. The third-order valence-electron chi connectivity index (χ3n) is 6.30. The van der Waals surface area contributed by atoms with Gasteiger partial charge >= 0.3 is 5.97 Å². The molecule has 0 aliphatic carbocycles. The van der Waals surface area contributed by atoms with Crippen LogP contribution in [0.3, 0.4) is 0 Å². The summed E-state index contributed by atoms with van der Waals surface area (Å²) in [4.78, 5) is 35.5. The van der Waals surface area contributed by atoms with Crippen LogP contribution in [-0.2, 0) is 14.3 Å². The average Bonchev–Trinajstić information content (AvgIpc) is 3.27. The number of ether oxygens (including phenoxy) is 1. The van der Waals surface area contributed by atoms with Gasteiger partial charge in [0.1, 0.15) is 0 Å². The Morgan fingerprint density at radius 3 is 2.59 bits per heavy atom. The molecule has 0 saturated heterocycles. The number of fused-ring (bicyclic) bond motifs is 1. The standard InChI is InChI=1S/C29H34N4O3S/c1-6-36-28(35)25-26(21-10-8-7-9-11-21)31-29-33(27(25)23-16-19(2)12-13-20(23)3)22(18-37-29)17-24(34)30-14-15-32(4)5/h7-13,16,18,27H,6,14-15,17H2,1-5H3,(H,30,34)/t27-/m0/s1. The number of carbonyl (C=O) groups excluding carboxylic acids is 2. The summed E-state index contributed by atoms with van der Waals surface area (Å²) in [5.41, 5.74) is 5.88. The third kappa shape index (κ3) is 5.97. The predicted molar refractivity (Wildman–Crippen MR) is 150 cm³/mol. The van der Waals surface area contributed by atoms with Crippen molar-refractivity contribution in [1.82, 2.24) is 15.1 Å². The molecule has 1 atom stereocenters. The number of thioether (sulfide) groups is 1. The molecule has 7 nitrogen and oxygen atoms in total. The average molecular weight is 519 g/mol. The van der Waals surface area contributed by atoms with Crippen LogP contribution in [0, 0.1) is 13.8 Å². The molecule has 4 rings (SSSR count). The number of aliphatic imine (C=N–C) groups is 1. The summed E-state index contributed by atoms with van der Waals surface area (Å²) in [5.74, 6) is -0.466. The van der Waals surface area contributed by atoms with E-state index >= 15 is 0 Å². The Hall–Kier alpha value is -3.36. The predicted octanol–water partition coefficient (Wildman–Crippen LogP) is 4.65. The van der Waals surface area contributed by atoms with Crippen molar-refractivity contribution < 1.29 is 14.3 Å². The van der Waals surface area contributed by atoms with E-state index in [1.165, 1.54) is 11.8 Å². The van der Waals surface area contributed by atoms with Crippen LogP contribution in [0.2, 0.25) is 0 Å². The molecule has 0 bridgehead atoms. The van der Waals surface area contributed by atoms with E-state index in [1.807, 2.05) is 73.5 Å². The minimum absolute atomic E-state index is 0.0646. The second-order valence-electron chi connectivity index (χ2n) is 9.43. The highest BCUT2D eigenvalue weighted by atomic mass is 32.2. The fourth-order valence-electron chi connectivity index (χ4n) is 4.48. The van der Waals surface area contributed by atoms with E-state index in [0.29, 0.717) is 17.8 Å². The van der Waals surface area contributed by atoms with Crippen molar-refractivity contribution in [2.75, 3.05) is 33.8 Å². The lowest BCUT2D eigenvalue weighted by Crippen LogP contribution is -2.39. The number of amidine groups is 1. The monoisotopic (exact) mass is 518 g/mol. The van der Waals surface area contributed by atoms with Crippen molar-refractivity contribution >= 4 is 34.5 Å². The molecule has 0 unspecified atom stereocenters. The summed E-state index contributed by atoms with van der Waals surface area (Å²) >= 11 is 1.48. The normalized spacial score (nSPS) is 16.9. The Balaban J connectivity index is 1.82. The zero-order chi connectivity index (χ0) is 26.5. The maximum Gasteiger partial charge on any atom is 0.338 e. The van der Waals surface area contributed by atoms with Gasteiger partial charge in [-0.1, -0.05) is 65.9 Å². The summed E-state index contributed by atoms with van der Waals surface area (Å²) in [6.07, 6.45) is 0.192. The van der Waals surface area contributed by atoms with Crippen LogP contribution in [0.5, 0.6) is 0 Å². The molecule has 37 heavy (non-hydrogen) atoms.